The molecule has 0 saturated carbocycles. The molecular formula is C12H16ClNO. The molecule has 0 radical (unpaired) electrons. The Morgan fingerprint density at radius 3 is 2.53 bits per heavy atom. The minimum Gasteiger partial charge on any atom is -0.379 e. The van der Waals surface area contributed by atoms with Gasteiger partial charge in [0.25, 0.3) is 0 Å². The molecule has 1 rings (SSSR count). The summed E-state index contributed by atoms with van der Waals surface area (Å²) in [7, 11) is 0. The van der Waals surface area contributed by atoms with Crippen molar-refractivity contribution in [3.63, 3.8) is 0 Å². The number of nitrogens with one attached hydrogen (secondary N) is 1. The first-order valence-corrected chi connectivity index (χ1v) is 5.31. The van der Waals surface area contributed by atoms with Crippen LogP contribution in [0.5, 0.6) is 0 Å². The first-order valence-electron chi connectivity index (χ1n) is 4.93. The molecule has 0 atom stereocenters. The van der Waals surface area contributed by atoms with Crippen LogP contribution < -0.4 is 5.32 Å². The summed E-state index contributed by atoms with van der Waals surface area (Å²) < 4.78 is 0. The van der Waals surface area contributed by atoms with Crippen LogP contribution in [0.1, 0.15) is 27.2 Å². The lowest BCUT2D eigenvalue weighted by Gasteiger charge is -2.26. The third kappa shape index (κ3) is 3.92. The van der Waals surface area contributed by atoms with E-state index in [2.05, 4.69) is 5.32 Å². The van der Waals surface area contributed by atoms with Crippen LogP contribution >= 0.6 is 11.6 Å². The van der Waals surface area contributed by atoms with Gasteiger partial charge in [0.05, 0.1) is 10.7 Å². The van der Waals surface area contributed by atoms with Gasteiger partial charge in [-0.25, -0.2) is 0 Å². The van der Waals surface area contributed by atoms with Gasteiger partial charge in [-0.05, 0) is 32.9 Å². The van der Waals surface area contributed by atoms with Gasteiger partial charge in [0.1, 0.15) is 5.78 Å². The first kappa shape index (κ1) is 12.1. The number of halogens is 1. The number of carbonyl (C=O) groups is 1. The highest BCUT2D eigenvalue weighted by molar-refractivity contribution is 6.33. The maximum atomic E-state index is 11.1. The predicted molar refractivity (Wildman–Crippen MR) is 64.5 cm³/mol. The Balaban J connectivity index is 2.77. The Morgan fingerprint density at radius 2 is 2.00 bits per heavy atom. The number of rotatable bonds is 4. The lowest BCUT2D eigenvalue weighted by Crippen LogP contribution is -2.33. The van der Waals surface area contributed by atoms with E-state index in [0.29, 0.717) is 11.4 Å². The van der Waals surface area contributed by atoms with Crippen LogP contribution in [0.3, 0.4) is 0 Å². The molecule has 0 bridgehead atoms. The number of benzene rings is 1. The average Bonchev–Trinajstić information content (AvgIpc) is 2.06. The van der Waals surface area contributed by atoms with E-state index in [1.807, 2.05) is 38.1 Å². The molecule has 82 valence electrons. The summed E-state index contributed by atoms with van der Waals surface area (Å²) in [4.78, 5) is 11.1. The molecule has 0 saturated heterocycles. The fraction of sp³-hybridized carbons (Fsp3) is 0.417. The fourth-order valence-electron chi connectivity index (χ4n) is 1.59. The molecular weight excluding hydrogens is 210 g/mol. The predicted octanol–water partition coefficient (Wildman–Crippen LogP) is 3.51. The number of carbonyl (C=O) groups excluding carboxylic acids is 1. The highest BCUT2D eigenvalue weighted by Gasteiger charge is 2.20. The average molecular weight is 226 g/mol. The van der Waals surface area contributed by atoms with Gasteiger partial charge in [0, 0.05) is 12.0 Å². The van der Waals surface area contributed by atoms with Crippen LogP contribution in [0.2, 0.25) is 5.02 Å². The third-order valence-electron chi connectivity index (χ3n) is 2.04. The molecule has 1 aromatic carbocycles. The Morgan fingerprint density at radius 1 is 1.40 bits per heavy atom. The zero-order valence-corrected chi connectivity index (χ0v) is 10.1. The molecule has 1 N–H and O–H groups in total. The number of Topliss-reactive ketones (excluding diaryl/α,β-unsaturated/α-hetero) is 1. The van der Waals surface area contributed by atoms with E-state index in [4.69, 9.17) is 11.6 Å². The standard InChI is InChI=1S/C12H16ClNO/c1-9(15)8-12(2,3)14-11-7-5-4-6-10(11)13/h4-7,14H,8H2,1-3H3. The molecule has 0 aliphatic rings. The number of para-hydroxylation sites is 1. The fourth-order valence-corrected chi connectivity index (χ4v) is 1.78. The lowest BCUT2D eigenvalue weighted by molar-refractivity contribution is -0.117. The Kier molecular flexibility index (Phi) is 3.75. The van der Waals surface area contributed by atoms with Crippen LogP contribution in [0.25, 0.3) is 0 Å². The topological polar surface area (TPSA) is 29.1 Å². The van der Waals surface area contributed by atoms with Gasteiger partial charge in [0.2, 0.25) is 0 Å². The van der Waals surface area contributed by atoms with Crippen molar-refractivity contribution in [2.24, 2.45) is 0 Å². The Hall–Kier alpha value is -1.02. The zero-order valence-electron chi connectivity index (χ0n) is 9.30. The minimum absolute atomic E-state index is 0.166. The van der Waals surface area contributed by atoms with Crippen LogP contribution in [0.15, 0.2) is 24.3 Å². The van der Waals surface area contributed by atoms with Gasteiger partial charge in [-0.2, -0.15) is 0 Å². The summed E-state index contributed by atoms with van der Waals surface area (Å²) in [6, 6.07) is 7.53. The molecule has 15 heavy (non-hydrogen) atoms. The molecule has 1 aromatic rings. The van der Waals surface area contributed by atoms with Crippen LogP contribution in [-0.2, 0) is 4.79 Å². The molecule has 0 aliphatic heterocycles. The van der Waals surface area contributed by atoms with Crippen molar-refractivity contribution in [1.29, 1.82) is 0 Å². The number of hydrogen-bond acceptors (Lipinski definition) is 2. The van der Waals surface area contributed by atoms with E-state index >= 15 is 0 Å². The second-order valence-electron chi connectivity index (χ2n) is 4.37. The molecule has 0 aliphatic carbocycles. The number of ketones is 1. The second-order valence-corrected chi connectivity index (χ2v) is 4.77. The summed E-state index contributed by atoms with van der Waals surface area (Å²) in [6.45, 7) is 5.56. The number of anilines is 1. The summed E-state index contributed by atoms with van der Waals surface area (Å²) in [5.41, 5.74) is 0.599. The van der Waals surface area contributed by atoms with Crippen molar-refractivity contribution in [3.8, 4) is 0 Å². The van der Waals surface area contributed by atoms with Crippen LogP contribution in [-0.4, -0.2) is 11.3 Å². The van der Waals surface area contributed by atoms with E-state index in [9.17, 15) is 4.79 Å². The van der Waals surface area contributed by atoms with Gasteiger partial charge in [-0.3, -0.25) is 4.79 Å². The maximum absolute atomic E-state index is 11.1. The smallest absolute Gasteiger partial charge is 0.132 e. The highest BCUT2D eigenvalue weighted by atomic mass is 35.5. The molecule has 3 heteroatoms. The normalized spacial score (nSPS) is 11.2. The van der Waals surface area contributed by atoms with E-state index in [1.54, 1.807) is 6.92 Å². The van der Waals surface area contributed by atoms with Crippen molar-refractivity contribution in [3.05, 3.63) is 29.3 Å². The van der Waals surface area contributed by atoms with Gasteiger partial charge in [-0.15, -0.1) is 0 Å². The molecule has 0 spiro atoms. The Labute approximate surface area is 95.6 Å². The zero-order chi connectivity index (χ0) is 11.5. The van der Waals surface area contributed by atoms with E-state index < -0.39 is 0 Å². The molecule has 0 fully saturated rings. The maximum Gasteiger partial charge on any atom is 0.132 e. The lowest BCUT2D eigenvalue weighted by atomic mass is 9.98. The third-order valence-corrected chi connectivity index (χ3v) is 2.37. The van der Waals surface area contributed by atoms with Crippen molar-refractivity contribution >= 4 is 23.1 Å². The molecule has 0 heterocycles. The van der Waals surface area contributed by atoms with E-state index in [1.165, 1.54) is 0 Å². The summed E-state index contributed by atoms with van der Waals surface area (Å²) in [5.74, 6) is 0.166. The van der Waals surface area contributed by atoms with Gasteiger partial charge in [0.15, 0.2) is 0 Å². The van der Waals surface area contributed by atoms with Gasteiger partial charge in [-0.1, -0.05) is 23.7 Å². The highest BCUT2D eigenvalue weighted by Crippen LogP contribution is 2.25. The summed E-state index contributed by atoms with van der Waals surface area (Å²) in [6.07, 6.45) is 0.484. The van der Waals surface area contributed by atoms with Crippen molar-refractivity contribution in [2.75, 3.05) is 5.32 Å². The quantitative estimate of drug-likeness (QED) is 0.850. The summed E-state index contributed by atoms with van der Waals surface area (Å²) >= 11 is 6.02. The monoisotopic (exact) mass is 225 g/mol. The SMILES string of the molecule is CC(=O)CC(C)(C)Nc1ccccc1Cl. The van der Waals surface area contributed by atoms with Crippen molar-refractivity contribution in [1.82, 2.24) is 0 Å². The first-order chi connectivity index (χ1) is 6.91. The largest absolute Gasteiger partial charge is 0.379 e. The van der Waals surface area contributed by atoms with Crippen LogP contribution in [0.4, 0.5) is 5.69 Å². The molecule has 0 amide bonds. The minimum atomic E-state index is -0.267. The van der Waals surface area contributed by atoms with Crippen LogP contribution in [0, 0.1) is 0 Å². The number of hydrogen-bond donors (Lipinski definition) is 1. The van der Waals surface area contributed by atoms with Crippen molar-refractivity contribution < 1.29 is 4.79 Å². The molecule has 2 nitrogen and oxygen atoms in total. The van der Waals surface area contributed by atoms with Gasteiger partial charge >= 0.3 is 0 Å². The Bertz CT molecular complexity index is 360. The second kappa shape index (κ2) is 4.67. The molecule has 0 unspecified atom stereocenters. The van der Waals surface area contributed by atoms with E-state index in [0.717, 1.165) is 5.69 Å². The van der Waals surface area contributed by atoms with Crippen molar-refractivity contribution in [2.45, 2.75) is 32.7 Å². The summed E-state index contributed by atoms with van der Waals surface area (Å²) in [5, 5.41) is 3.94. The van der Waals surface area contributed by atoms with E-state index in [-0.39, 0.29) is 11.3 Å². The molecule has 0 aromatic heterocycles. The van der Waals surface area contributed by atoms with Gasteiger partial charge < -0.3 is 5.32 Å².